The van der Waals surface area contributed by atoms with Gasteiger partial charge in [-0.05, 0) is 24.3 Å². The van der Waals surface area contributed by atoms with Crippen molar-refractivity contribution in [2.45, 2.75) is 12.6 Å². The van der Waals surface area contributed by atoms with Crippen molar-refractivity contribution in [3.8, 4) is 0 Å². The van der Waals surface area contributed by atoms with Crippen molar-refractivity contribution >= 4 is 15.2 Å². The SMILES string of the molecule is NC1=CC=C(C(F)(F)F)C(=S(=O)=O)C1.c1ccncc1. The van der Waals surface area contributed by atoms with Crippen LogP contribution in [0.4, 0.5) is 13.2 Å². The molecular weight excluding hydrogens is 293 g/mol. The quantitative estimate of drug-likeness (QED) is 0.742. The van der Waals surface area contributed by atoms with Crippen LogP contribution in [0, 0.1) is 0 Å². The van der Waals surface area contributed by atoms with Gasteiger partial charge < -0.3 is 5.73 Å². The lowest BCUT2D eigenvalue weighted by Crippen LogP contribution is -2.24. The van der Waals surface area contributed by atoms with Crippen LogP contribution in [0.5, 0.6) is 0 Å². The normalized spacial score (nSPS) is 14.7. The number of nitrogens with zero attached hydrogens (tertiary/aromatic N) is 1. The van der Waals surface area contributed by atoms with Gasteiger partial charge >= 0.3 is 6.18 Å². The maximum atomic E-state index is 12.2. The van der Waals surface area contributed by atoms with E-state index >= 15 is 0 Å². The third kappa shape index (κ3) is 4.88. The number of hydrogen-bond acceptors (Lipinski definition) is 4. The molecule has 0 aliphatic heterocycles. The van der Waals surface area contributed by atoms with Crippen LogP contribution in [0.15, 0.2) is 54.0 Å². The summed E-state index contributed by atoms with van der Waals surface area (Å²) >= 11 is 0. The Morgan fingerprint density at radius 3 is 2.05 bits per heavy atom. The molecule has 0 radical (unpaired) electrons. The van der Waals surface area contributed by atoms with Crippen molar-refractivity contribution in [1.29, 1.82) is 0 Å². The molecule has 0 fully saturated rings. The van der Waals surface area contributed by atoms with E-state index in [1.165, 1.54) is 0 Å². The number of aromatic nitrogens is 1. The highest BCUT2D eigenvalue weighted by Crippen LogP contribution is 2.30. The summed E-state index contributed by atoms with van der Waals surface area (Å²) in [6, 6.07) is 5.72. The number of halogens is 3. The summed E-state index contributed by atoms with van der Waals surface area (Å²) in [6.45, 7) is 0. The molecular formula is C12H11F3N2O2S. The van der Waals surface area contributed by atoms with E-state index in [0.717, 1.165) is 6.08 Å². The Morgan fingerprint density at radius 2 is 1.70 bits per heavy atom. The highest BCUT2D eigenvalue weighted by molar-refractivity contribution is 7.73. The molecule has 0 bridgehead atoms. The van der Waals surface area contributed by atoms with E-state index in [2.05, 4.69) is 4.98 Å². The van der Waals surface area contributed by atoms with Gasteiger partial charge in [0.25, 0.3) is 0 Å². The molecule has 108 valence electrons. The monoisotopic (exact) mass is 304 g/mol. The second-order valence-electron chi connectivity index (χ2n) is 3.68. The van der Waals surface area contributed by atoms with Crippen molar-refractivity contribution in [2.75, 3.05) is 0 Å². The van der Waals surface area contributed by atoms with E-state index < -0.39 is 26.9 Å². The minimum absolute atomic E-state index is 0.0946. The van der Waals surface area contributed by atoms with E-state index in [1.54, 1.807) is 12.4 Å². The Balaban J connectivity index is 0.000000276. The van der Waals surface area contributed by atoms with Crippen LogP contribution in [0.25, 0.3) is 0 Å². The molecule has 1 aliphatic carbocycles. The molecule has 8 heteroatoms. The first kappa shape index (κ1) is 16.0. The standard InChI is InChI=1S/C7H6F3NO2S.C5H5N/c8-7(9,10)5-2-1-4(11)3-6(5)14(12)13;1-2-4-6-5-3-1/h1-2H,3,11H2;1-5H. The van der Waals surface area contributed by atoms with Crippen LogP contribution in [-0.4, -0.2) is 24.4 Å². The molecule has 2 N–H and O–H groups in total. The first-order valence-electron chi connectivity index (χ1n) is 5.36. The fraction of sp³-hybridized carbons (Fsp3) is 0.167. The van der Waals surface area contributed by atoms with Gasteiger partial charge in [-0.1, -0.05) is 6.07 Å². The molecule has 20 heavy (non-hydrogen) atoms. The zero-order chi connectivity index (χ0) is 15.2. The van der Waals surface area contributed by atoms with Crippen LogP contribution >= 0.6 is 0 Å². The summed E-state index contributed by atoms with van der Waals surface area (Å²) in [5.74, 6) is 0. The molecule has 0 aromatic carbocycles. The molecule has 1 aromatic heterocycles. The Hall–Kier alpha value is -2.09. The minimum Gasteiger partial charge on any atom is -0.402 e. The van der Waals surface area contributed by atoms with E-state index in [0.29, 0.717) is 6.08 Å². The van der Waals surface area contributed by atoms with Crippen LogP contribution in [0.1, 0.15) is 6.42 Å². The van der Waals surface area contributed by atoms with Crippen molar-refractivity contribution in [3.05, 3.63) is 54.0 Å². The molecule has 0 saturated carbocycles. The van der Waals surface area contributed by atoms with Gasteiger partial charge in [0.05, 0.1) is 10.4 Å². The number of allylic oxidation sites excluding steroid dienone is 4. The number of hydrogen-bond donors (Lipinski definition) is 1. The topological polar surface area (TPSA) is 73.1 Å². The van der Waals surface area contributed by atoms with Crippen molar-refractivity contribution < 1.29 is 21.6 Å². The maximum absolute atomic E-state index is 12.2. The average molecular weight is 304 g/mol. The molecule has 4 nitrogen and oxygen atoms in total. The molecule has 0 amide bonds. The van der Waals surface area contributed by atoms with E-state index in [9.17, 15) is 21.6 Å². The van der Waals surface area contributed by atoms with Gasteiger partial charge in [0.2, 0.25) is 10.3 Å². The Bertz CT molecular complexity index is 612. The van der Waals surface area contributed by atoms with Gasteiger partial charge in [-0.3, -0.25) is 4.98 Å². The Labute approximate surface area is 115 Å². The lowest BCUT2D eigenvalue weighted by Gasteiger charge is -2.15. The molecule has 0 atom stereocenters. The summed E-state index contributed by atoms with van der Waals surface area (Å²) in [5, 5.41) is 0. The Kier molecular flexibility index (Phi) is 5.51. The van der Waals surface area contributed by atoms with E-state index in [4.69, 9.17) is 5.73 Å². The lowest BCUT2D eigenvalue weighted by molar-refractivity contribution is -0.0860. The number of rotatable bonds is 0. The van der Waals surface area contributed by atoms with Gasteiger partial charge in [-0.2, -0.15) is 21.6 Å². The third-order valence-electron chi connectivity index (χ3n) is 2.20. The van der Waals surface area contributed by atoms with Crippen molar-refractivity contribution in [1.82, 2.24) is 4.98 Å². The zero-order valence-corrected chi connectivity index (χ0v) is 10.9. The molecule has 0 spiro atoms. The number of pyridine rings is 1. The second kappa shape index (κ2) is 6.90. The van der Waals surface area contributed by atoms with Crippen molar-refractivity contribution in [3.63, 3.8) is 0 Å². The van der Waals surface area contributed by atoms with Gasteiger partial charge in [0.15, 0.2) is 0 Å². The first-order chi connectivity index (χ1) is 9.32. The maximum Gasteiger partial charge on any atom is 0.417 e. The summed E-state index contributed by atoms with van der Waals surface area (Å²) in [6.07, 6.45) is 0.178. The van der Waals surface area contributed by atoms with E-state index in [-0.39, 0.29) is 12.1 Å². The van der Waals surface area contributed by atoms with Gasteiger partial charge in [-0.25, -0.2) is 0 Å². The van der Waals surface area contributed by atoms with Gasteiger partial charge in [-0.15, -0.1) is 0 Å². The average Bonchev–Trinajstić information content (AvgIpc) is 2.40. The zero-order valence-electron chi connectivity index (χ0n) is 10.1. The molecule has 2 rings (SSSR count). The fourth-order valence-corrected chi connectivity index (χ4v) is 1.98. The summed E-state index contributed by atoms with van der Waals surface area (Å²) in [7, 11) is -2.89. The molecule has 1 aromatic rings. The molecule has 0 unspecified atom stereocenters. The Morgan fingerprint density at radius 1 is 1.10 bits per heavy atom. The van der Waals surface area contributed by atoms with Crippen LogP contribution in [0.2, 0.25) is 0 Å². The van der Waals surface area contributed by atoms with Gasteiger partial charge in [0, 0.05) is 24.5 Å². The number of alkyl halides is 3. The fourth-order valence-electron chi connectivity index (χ4n) is 1.34. The molecule has 0 saturated heterocycles. The summed E-state index contributed by atoms with van der Waals surface area (Å²) in [4.78, 5) is 3.07. The first-order valence-corrected chi connectivity index (χ1v) is 6.44. The smallest absolute Gasteiger partial charge is 0.402 e. The number of nitrogens with two attached hydrogens (primary N) is 1. The lowest BCUT2D eigenvalue weighted by atomic mass is 10.0. The second-order valence-corrected chi connectivity index (χ2v) is 4.64. The third-order valence-corrected chi connectivity index (χ3v) is 2.97. The molecule has 1 aliphatic rings. The van der Waals surface area contributed by atoms with Gasteiger partial charge in [0.1, 0.15) is 0 Å². The predicted molar refractivity (Wildman–Crippen MR) is 69.2 cm³/mol. The highest BCUT2D eigenvalue weighted by Gasteiger charge is 2.38. The van der Waals surface area contributed by atoms with Crippen LogP contribution < -0.4 is 5.73 Å². The predicted octanol–water partition coefficient (Wildman–Crippen LogP) is 1.85. The van der Waals surface area contributed by atoms with E-state index in [1.807, 2.05) is 18.2 Å². The minimum atomic E-state index is -4.66. The largest absolute Gasteiger partial charge is 0.417 e. The van der Waals surface area contributed by atoms with Crippen LogP contribution in [0.3, 0.4) is 0 Å². The summed E-state index contributed by atoms with van der Waals surface area (Å²) in [5.41, 5.74) is 4.17. The molecule has 1 heterocycles. The van der Waals surface area contributed by atoms with Crippen molar-refractivity contribution in [2.24, 2.45) is 5.73 Å². The summed E-state index contributed by atoms with van der Waals surface area (Å²) < 4.78 is 57.7. The van der Waals surface area contributed by atoms with Crippen LogP contribution in [-0.2, 0) is 10.3 Å². The highest BCUT2D eigenvalue weighted by atomic mass is 32.2.